The summed E-state index contributed by atoms with van der Waals surface area (Å²) in [5.74, 6) is 0.252. The highest BCUT2D eigenvalue weighted by Gasteiger charge is 2.08. The summed E-state index contributed by atoms with van der Waals surface area (Å²) in [5, 5.41) is 5.89. The van der Waals surface area contributed by atoms with Gasteiger partial charge in [0.1, 0.15) is 0 Å². The standard InChI is InChI=1S/C16H19BrN4O2/c1-11-4-5-13(8-14(11)17)21-15(22)12-9-19-16(20-10-12)18-6-3-7-23-2/h4-5,8-10H,3,6-7H2,1-2H3,(H,21,22)(H,18,19,20). The summed E-state index contributed by atoms with van der Waals surface area (Å²) >= 11 is 3.44. The normalized spacial score (nSPS) is 10.4. The highest BCUT2D eigenvalue weighted by molar-refractivity contribution is 9.10. The summed E-state index contributed by atoms with van der Waals surface area (Å²) in [5.41, 5.74) is 2.23. The van der Waals surface area contributed by atoms with Crippen LogP contribution < -0.4 is 10.6 Å². The Labute approximate surface area is 143 Å². The van der Waals surface area contributed by atoms with Gasteiger partial charge in [-0.15, -0.1) is 0 Å². The Kier molecular flexibility index (Phi) is 6.49. The van der Waals surface area contributed by atoms with Crippen LogP contribution in [-0.4, -0.2) is 36.1 Å². The number of aromatic nitrogens is 2. The van der Waals surface area contributed by atoms with Crippen molar-refractivity contribution in [2.75, 3.05) is 30.9 Å². The number of carbonyl (C=O) groups is 1. The summed E-state index contributed by atoms with van der Waals surface area (Å²) in [6, 6.07) is 5.65. The molecular weight excluding hydrogens is 360 g/mol. The quantitative estimate of drug-likeness (QED) is 0.723. The van der Waals surface area contributed by atoms with E-state index < -0.39 is 0 Å². The molecule has 2 rings (SSSR count). The number of methoxy groups -OCH3 is 1. The Hall–Kier alpha value is -1.99. The number of hydrogen-bond donors (Lipinski definition) is 2. The smallest absolute Gasteiger partial charge is 0.258 e. The minimum Gasteiger partial charge on any atom is -0.385 e. The van der Waals surface area contributed by atoms with Gasteiger partial charge in [-0.3, -0.25) is 4.79 Å². The lowest BCUT2D eigenvalue weighted by Gasteiger charge is -2.08. The molecule has 2 aromatic rings. The molecule has 0 aliphatic carbocycles. The van der Waals surface area contributed by atoms with Gasteiger partial charge in [-0.05, 0) is 31.0 Å². The van der Waals surface area contributed by atoms with E-state index in [4.69, 9.17) is 4.74 Å². The minimum absolute atomic E-state index is 0.244. The number of nitrogens with one attached hydrogen (secondary N) is 2. The molecule has 0 bridgehead atoms. The number of ether oxygens (including phenoxy) is 1. The number of anilines is 2. The molecule has 0 radical (unpaired) electrons. The summed E-state index contributed by atoms with van der Waals surface area (Å²) in [7, 11) is 1.66. The van der Waals surface area contributed by atoms with E-state index in [1.54, 1.807) is 7.11 Å². The van der Waals surface area contributed by atoms with Crippen LogP contribution in [0.4, 0.5) is 11.6 Å². The molecule has 0 fully saturated rings. The summed E-state index contributed by atoms with van der Waals surface area (Å²) in [6.07, 6.45) is 3.87. The SMILES string of the molecule is COCCCNc1ncc(C(=O)Nc2ccc(C)c(Br)c2)cn1. The van der Waals surface area contributed by atoms with Crippen molar-refractivity contribution in [1.29, 1.82) is 0 Å². The van der Waals surface area contributed by atoms with E-state index in [0.29, 0.717) is 23.8 Å². The van der Waals surface area contributed by atoms with Gasteiger partial charge in [0.25, 0.3) is 5.91 Å². The molecule has 1 amide bonds. The van der Waals surface area contributed by atoms with Crippen LogP contribution in [0.5, 0.6) is 0 Å². The second-order valence-electron chi connectivity index (χ2n) is 4.99. The molecule has 0 aliphatic rings. The van der Waals surface area contributed by atoms with Gasteiger partial charge < -0.3 is 15.4 Å². The van der Waals surface area contributed by atoms with E-state index in [-0.39, 0.29) is 5.91 Å². The van der Waals surface area contributed by atoms with Crippen LogP contribution in [0.1, 0.15) is 22.3 Å². The third-order valence-corrected chi connectivity index (χ3v) is 4.01. The van der Waals surface area contributed by atoms with Gasteiger partial charge in [-0.1, -0.05) is 22.0 Å². The molecule has 0 spiro atoms. The van der Waals surface area contributed by atoms with Crippen LogP contribution in [0.25, 0.3) is 0 Å². The van der Waals surface area contributed by atoms with Gasteiger partial charge in [0.05, 0.1) is 5.56 Å². The number of aryl methyl sites for hydroxylation is 1. The van der Waals surface area contributed by atoms with Gasteiger partial charge >= 0.3 is 0 Å². The average molecular weight is 379 g/mol. The van der Waals surface area contributed by atoms with E-state index >= 15 is 0 Å². The minimum atomic E-state index is -0.244. The van der Waals surface area contributed by atoms with Gasteiger partial charge in [-0.25, -0.2) is 9.97 Å². The van der Waals surface area contributed by atoms with E-state index in [9.17, 15) is 4.79 Å². The molecule has 0 saturated heterocycles. The van der Waals surface area contributed by atoms with Crippen molar-refractivity contribution in [3.8, 4) is 0 Å². The lowest BCUT2D eigenvalue weighted by molar-refractivity contribution is 0.102. The van der Waals surface area contributed by atoms with Crippen LogP contribution in [0.2, 0.25) is 0 Å². The molecule has 2 N–H and O–H groups in total. The van der Waals surface area contributed by atoms with Crippen LogP contribution >= 0.6 is 15.9 Å². The largest absolute Gasteiger partial charge is 0.385 e. The maximum Gasteiger partial charge on any atom is 0.258 e. The van der Waals surface area contributed by atoms with Gasteiger partial charge in [0.2, 0.25) is 5.95 Å². The lowest BCUT2D eigenvalue weighted by atomic mass is 10.2. The molecule has 0 saturated carbocycles. The Morgan fingerprint density at radius 2 is 2.04 bits per heavy atom. The molecule has 6 nitrogen and oxygen atoms in total. The first-order valence-corrected chi connectivity index (χ1v) is 8.02. The highest BCUT2D eigenvalue weighted by atomic mass is 79.9. The van der Waals surface area contributed by atoms with Crippen molar-refractivity contribution >= 4 is 33.5 Å². The lowest BCUT2D eigenvalue weighted by Crippen LogP contribution is -2.14. The number of benzene rings is 1. The van der Waals surface area contributed by atoms with Crippen molar-refractivity contribution in [3.63, 3.8) is 0 Å². The number of halogens is 1. The number of amides is 1. The van der Waals surface area contributed by atoms with Crippen molar-refractivity contribution in [2.24, 2.45) is 0 Å². The number of hydrogen-bond acceptors (Lipinski definition) is 5. The average Bonchev–Trinajstić information content (AvgIpc) is 2.55. The molecule has 1 heterocycles. The first-order chi connectivity index (χ1) is 11.1. The van der Waals surface area contributed by atoms with Crippen molar-refractivity contribution in [1.82, 2.24) is 9.97 Å². The molecule has 0 atom stereocenters. The maximum absolute atomic E-state index is 12.2. The zero-order chi connectivity index (χ0) is 16.7. The Morgan fingerprint density at radius 1 is 1.30 bits per heavy atom. The zero-order valence-corrected chi connectivity index (χ0v) is 14.7. The Balaban J connectivity index is 1.93. The summed E-state index contributed by atoms with van der Waals surface area (Å²) < 4.78 is 5.91. The van der Waals surface area contributed by atoms with Crippen LogP contribution in [0, 0.1) is 6.92 Å². The van der Waals surface area contributed by atoms with Crippen molar-refractivity contribution < 1.29 is 9.53 Å². The van der Waals surface area contributed by atoms with Crippen LogP contribution in [0.15, 0.2) is 35.1 Å². The third kappa shape index (κ3) is 5.30. The van der Waals surface area contributed by atoms with E-state index in [2.05, 4.69) is 36.5 Å². The second kappa shape index (κ2) is 8.59. The Morgan fingerprint density at radius 3 is 2.70 bits per heavy atom. The van der Waals surface area contributed by atoms with E-state index in [0.717, 1.165) is 23.0 Å². The first-order valence-electron chi connectivity index (χ1n) is 7.22. The van der Waals surface area contributed by atoms with Crippen LogP contribution in [0.3, 0.4) is 0 Å². The number of rotatable bonds is 7. The highest BCUT2D eigenvalue weighted by Crippen LogP contribution is 2.21. The van der Waals surface area contributed by atoms with Gasteiger partial charge in [0.15, 0.2) is 0 Å². The fraction of sp³-hybridized carbons (Fsp3) is 0.312. The fourth-order valence-corrected chi connectivity index (χ4v) is 2.21. The molecule has 1 aromatic heterocycles. The second-order valence-corrected chi connectivity index (χ2v) is 5.84. The summed E-state index contributed by atoms with van der Waals surface area (Å²) in [4.78, 5) is 20.5. The molecule has 0 unspecified atom stereocenters. The monoisotopic (exact) mass is 378 g/mol. The summed E-state index contributed by atoms with van der Waals surface area (Å²) in [6.45, 7) is 3.39. The first kappa shape index (κ1) is 17.4. The predicted molar refractivity (Wildman–Crippen MR) is 93.8 cm³/mol. The third-order valence-electron chi connectivity index (χ3n) is 3.15. The number of carbonyl (C=O) groups excluding carboxylic acids is 1. The fourth-order valence-electron chi connectivity index (χ4n) is 1.83. The number of nitrogens with zero attached hydrogens (tertiary/aromatic N) is 2. The molecular formula is C16H19BrN4O2. The van der Waals surface area contributed by atoms with E-state index in [1.807, 2.05) is 25.1 Å². The molecule has 0 aliphatic heterocycles. The molecule has 7 heteroatoms. The molecule has 1 aromatic carbocycles. The zero-order valence-electron chi connectivity index (χ0n) is 13.1. The van der Waals surface area contributed by atoms with Gasteiger partial charge in [-0.2, -0.15) is 0 Å². The van der Waals surface area contributed by atoms with Gasteiger partial charge in [0, 0.05) is 42.8 Å². The van der Waals surface area contributed by atoms with Crippen molar-refractivity contribution in [2.45, 2.75) is 13.3 Å². The van der Waals surface area contributed by atoms with E-state index in [1.165, 1.54) is 12.4 Å². The molecule has 23 heavy (non-hydrogen) atoms. The van der Waals surface area contributed by atoms with Crippen molar-refractivity contribution in [3.05, 3.63) is 46.2 Å². The topological polar surface area (TPSA) is 76.1 Å². The maximum atomic E-state index is 12.2. The predicted octanol–water partition coefficient (Wildman–Crippen LogP) is 3.25. The molecule has 122 valence electrons. The van der Waals surface area contributed by atoms with Crippen LogP contribution in [-0.2, 0) is 4.74 Å². The Bertz CT molecular complexity index is 662.